The molecule has 106 valence electrons. The summed E-state index contributed by atoms with van der Waals surface area (Å²) in [6, 6.07) is 5.55. The number of esters is 1. The molecule has 0 fully saturated rings. The minimum atomic E-state index is -0.665. The highest BCUT2D eigenvalue weighted by molar-refractivity contribution is 5.76. The van der Waals surface area contributed by atoms with E-state index in [2.05, 4.69) is 0 Å². The highest BCUT2D eigenvalue weighted by Gasteiger charge is 2.28. The number of ether oxygens (including phenoxy) is 1. The molecule has 0 amide bonds. The van der Waals surface area contributed by atoms with Crippen LogP contribution in [0.1, 0.15) is 33.3 Å². The number of benzene rings is 1. The molecule has 0 radical (unpaired) electrons. The smallest absolute Gasteiger partial charge is 0.323 e. The van der Waals surface area contributed by atoms with Crippen LogP contribution in [-0.4, -0.2) is 17.6 Å². The molecule has 1 aromatic carbocycles. The average Bonchev–Trinajstić information content (AvgIpc) is 2.30. The summed E-state index contributed by atoms with van der Waals surface area (Å²) in [4.78, 5) is 11.8. The SMILES string of the molecule is CC(C)C(N)C(=O)OC(C)(C)Cc1ccc(F)cc1. The fraction of sp³-hybridized carbons (Fsp3) is 0.533. The molecular formula is C15H22FNO2. The van der Waals surface area contributed by atoms with E-state index in [0.29, 0.717) is 6.42 Å². The largest absolute Gasteiger partial charge is 0.458 e. The standard InChI is InChI=1S/C15H22FNO2/c1-10(2)13(17)14(18)19-15(3,4)9-11-5-7-12(16)8-6-11/h5-8,10,13H,9,17H2,1-4H3. The monoisotopic (exact) mass is 267 g/mol. The number of carbonyl (C=O) groups is 1. The maximum absolute atomic E-state index is 12.8. The molecule has 3 nitrogen and oxygen atoms in total. The number of rotatable bonds is 5. The third-order valence-corrected chi connectivity index (χ3v) is 2.91. The van der Waals surface area contributed by atoms with E-state index in [0.717, 1.165) is 5.56 Å². The van der Waals surface area contributed by atoms with Crippen molar-refractivity contribution in [2.75, 3.05) is 0 Å². The molecule has 1 rings (SSSR count). The van der Waals surface area contributed by atoms with E-state index in [1.54, 1.807) is 12.1 Å². The van der Waals surface area contributed by atoms with E-state index < -0.39 is 17.6 Å². The lowest BCUT2D eigenvalue weighted by Gasteiger charge is -2.27. The molecule has 4 heteroatoms. The van der Waals surface area contributed by atoms with Gasteiger partial charge in [0.25, 0.3) is 0 Å². The number of carbonyl (C=O) groups excluding carboxylic acids is 1. The fourth-order valence-electron chi connectivity index (χ4n) is 1.74. The average molecular weight is 267 g/mol. The van der Waals surface area contributed by atoms with Crippen molar-refractivity contribution in [2.45, 2.75) is 45.8 Å². The Balaban J connectivity index is 2.65. The Morgan fingerprint density at radius 1 is 1.32 bits per heavy atom. The second-order valence-corrected chi connectivity index (χ2v) is 5.75. The van der Waals surface area contributed by atoms with Gasteiger partial charge in [-0.25, -0.2) is 4.39 Å². The molecule has 0 aliphatic heterocycles. The lowest BCUT2D eigenvalue weighted by atomic mass is 9.97. The van der Waals surface area contributed by atoms with Crippen LogP contribution in [0.25, 0.3) is 0 Å². The normalized spacial score (nSPS) is 13.4. The molecular weight excluding hydrogens is 245 g/mol. The number of halogens is 1. The summed E-state index contributed by atoms with van der Waals surface area (Å²) in [5, 5.41) is 0. The van der Waals surface area contributed by atoms with Gasteiger partial charge in [-0.2, -0.15) is 0 Å². The molecule has 0 aliphatic carbocycles. The molecule has 0 spiro atoms. The Morgan fingerprint density at radius 3 is 2.32 bits per heavy atom. The van der Waals surface area contributed by atoms with Crippen molar-refractivity contribution in [3.63, 3.8) is 0 Å². The van der Waals surface area contributed by atoms with Gasteiger partial charge < -0.3 is 10.5 Å². The van der Waals surface area contributed by atoms with Crippen LogP contribution in [0.5, 0.6) is 0 Å². The first-order chi connectivity index (χ1) is 8.71. The van der Waals surface area contributed by atoms with Crippen LogP contribution in [0, 0.1) is 11.7 Å². The minimum absolute atomic E-state index is 0.0362. The summed E-state index contributed by atoms with van der Waals surface area (Å²) < 4.78 is 18.3. The van der Waals surface area contributed by atoms with E-state index in [1.807, 2.05) is 27.7 Å². The highest BCUT2D eigenvalue weighted by Crippen LogP contribution is 2.19. The molecule has 1 aromatic rings. The molecule has 2 N–H and O–H groups in total. The van der Waals surface area contributed by atoms with Crippen LogP contribution in [0.2, 0.25) is 0 Å². The van der Waals surface area contributed by atoms with Crippen molar-refractivity contribution < 1.29 is 13.9 Å². The van der Waals surface area contributed by atoms with Gasteiger partial charge in [-0.15, -0.1) is 0 Å². The van der Waals surface area contributed by atoms with Crippen molar-refractivity contribution in [3.8, 4) is 0 Å². The molecule has 1 unspecified atom stereocenters. The second-order valence-electron chi connectivity index (χ2n) is 5.75. The summed E-state index contributed by atoms with van der Waals surface area (Å²) >= 11 is 0. The van der Waals surface area contributed by atoms with Crippen LogP contribution in [-0.2, 0) is 16.0 Å². The van der Waals surface area contributed by atoms with Crippen LogP contribution < -0.4 is 5.73 Å². The molecule has 0 heterocycles. The maximum Gasteiger partial charge on any atom is 0.323 e. The summed E-state index contributed by atoms with van der Waals surface area (Å²) in [5.74, 6) is -0.642. The van der Waals surface area contributed by atoms with Crippen molar-refractivity contribution in [2.24, 2.45) is 11.7 Å². The summed E-state index contributed by atoms with van der Waals surface area (Å²) in [6.07, 6.45) is 0.518. The fourth-order valence-corrected chi connectivity index (χ4v) is 1.74. The van der Waals surface area contributed by atoms with E-state index >= 15 is 0 Å². The van der Waals surface area contributed by atoms with E-state index in [-0.39, 0.29) is 11.7 Å². The van der Waals surface area contributed by atoms with Crippen LogP contribution in [0.4, 0.5) is 4.39 Å². The van der Waals surface area contributed by atoms with Crippen LogP contribution >= 0.6 is 0 Å². The summed E-state index contributed by atoms with van der Waals surface area (Å²) in [5.41, 5.74) is 6.01. The van der Waals surface area contributed by atoms with Crippen molar-refractivity contribution in [1.29, 1.82) is 0 Å². The molecule has 0 saturated heterocycles. The first-order valence-corrected chi connectivity index (χ1v) is 6.44. The lowest BCUT2D eigenvalue weighted by molar-refractivity contribution is -0.159. The Morgan fingerprint density at radius 2 is 1.84 bits per heavy atom. The van der Waals surface area contributed by atoms with E-state index in [9.17, 15) is 9.18 Å². The van der Waals surface area contributed by atoms with Crippen molar-refractivity contribution >= 4 is 5.97 Å². The van der Waals surface area contributed by atoms with Gasteiger partial charge in [0.1, 0.15) is 17.5 Å². The first kappa shape index (κ1) is 15.6. The van der Waals surface area contributed by atoms with Crippen LogP contribution in [0.15, 0.2) is 24.3 Å². The Bertz CT molecular complexity index is 426. The Labute approximate surface area is 113 Å². The van der Waals surface area contributed by atoms with Gasteiger partial charge in [-0.1, -0.05) is 26.0 Å². The summed E-state index contributed by atoms with van der Waals surface area (Å²) in [6.45, 7) is 7.39. The van der Waals surface area contributed by atoms with Gasteiger partial charge in [0.05, 0.1) is 0 Å². The molecule has 0 bridgehead atoms. The minimum Gasteiger partial charge on any atom is -0.458 e. The zero-order valence-corrected chi connectivity index (χ0v) is 11.9. The summed E-state index contributed by atoms with van der Waals surface area (Å²) in [7, 11) is 0. The highest BCUT2D eigenvalue weighted by atomic mass is 19.1. The predicted octanol–water partition coefficient (Wildman–Crippen LogP) is 2.67. The second kappa shape index (κ2) is 6.15. The van der Waals surface area contributed by atoms with Gasteiger partial charge in [0, 0.05) is 6.42 Å². The van der Waals surface area contributed by atoms with Gasteiger partial charge in [0.15, 0.2) is 0 Å². The third-order valence-electron chi connectivity index (χ3n) is 2.91. The van der Waals surface area contributed by atoms with Gasteiger partial charge in [0.2, 0.25) is 0 Å². The van der Waals surface area contributed by atoms with Crippen LogP contribution in [0.3, 0.4) is 0 Å². The Hall–Kier alpha value is -1.42. The van der Waals surface area contributed by atoms with Crippen molar-refractivity contribution in [1.82, 2.24) is 0 Å². The molecule has 0 aromatic heterocycles. The number of hydrogen-bond donors (Lipinski definition) is 1. The van der Waals surface area contributed by atoms with Gasteiger partial charge in [-0.3, -0.25) is 4.79 Å². The number of hydrogen-bond acceptors (Lipinski definition) is 3. The van der Waals surface area contributed by atoms with Crippen molar-refractivity contribution in [3.05, 3.63) is 35.6 Å². The third kappa shape index (κ3) is 4.99. The topological polar surface area (TPSA) is 52.3 Å². The van der Waals surface area contributed by atoms with E-state index in [4.69, 9.17) is 10.5 Å². The molecule has 1 atom stereocenters. The first-order valence-electron chi connectivity index (χ1n) is 6.44. The molecule has 0 saturated carbocycles. The van der Waals surface area contributed by atoms with E-state index in [1.165, 1.54) is 12.1 Å². The lowest BCUT2D eigenvalue weighted by Crippen LogP contribution is -2.42. The maximum atomic E-state index is 12.8. The Kier molecular flexibility index (Phi) is 5.06. The van der Waals surface area contributed by atoms with Gasteiger partial charge >= 0.3 is 5.97 Å². The molecule has 19 heavy (non-hydrogen) atoms. The molecule has 0 aliphatic rings. The zero-order valence-electron chi connectivity index (χ0n) is 11.9. The zero-order chi connectivity index (χ0) is 14.6. The quantitative estimate of drug-likeness (QED) is 0.834. The van der Waals surface area contributed by atoms with Gasteiger partial charge in [-0.05, 0) is 37.5 Å². The number of nitrogens with two attached hydrogens (primary N) is 1. The predicted molar refractivity (Wildman–Crippen MR) is 73.1 cm³/mol.